The number of aliphatic imine (C=N–C) groups is 2. The number of benzene rings is 4. The lowest BCUT2D eigenvalue weighted by molar-refractivity contribution is -0.150. The quantitative estimate of drug-likeness (QED) is 0.233. The van der Waals surface area contributed by atoms with Gasteiger partial charge in [-0.1, -0.05) is 121 Å². The molecule has 190 valence electrons. The van der Waals surface area contributed by atoms with Crippen LogP contribution in [0.3, 0.4) is 0 Å². The molecule has 0 aliphatic rings. The Kier molecular flexibility index (Phi) is 8.92. The van der Waals surface area contributed by atoms with Crippen molar-refractivity contribution >= 4 is 23.4 Å². The van der Waals surface area contributed by atoms with Gasteiger partial charge in [0.2, 0.25) is 0 Å². The highest BCUT2D eigenvalue weighted by atomic mass is 16.5. The third-order valence-electron chi connectivity index (χ3n) is 5.91. The van der Waals surface area contributed by atoms with Gasteiger partial charge in [0.15, 0.2) is 12.1 Å². The third-order valence-corrected chi connectivity index (χ3v) is 5.91. The van der Waals surface area contributed by atoms with Crippen LogP contribution in [-0.4, -0.2) is 49.7 Å². The number of carbonyl (C=O) groups is 2. The predicted octanol–water partition coefficient (Wildman–Crippen LogP) is 5.14. The Morgan fingerprint density at radius 3 is 0.921 bits per heavy atom. The molecule has 38 heavy (non-hydrogen) atoms. The second kappa shape index (κ2) is 12.9. The van der Waals surface area contributed by atoms with Gasteiger partial charge in [0, 0.05) is 22.3 Å². The van der Waals surface area contributed by atoms with Gasteiger partial charge in [-0.2, -0.15) is 0 Å². The summed E-state index contributed by atoms with van der Waals surface area (Å²) >= 11 is 0. The van der Waals surface area contributed by atoms with E-state index in [1.54, 1.807) is 0 Å². The van der Waals surface area contributed by atoms with E-state index in [1.807, 2.05) is 121 Å². The van der Waals surface area contributed by atoms with Gasteiger partial charge in [-0.05, 0) is 0 Å². The summed E-state index contributed by atoms with van der Waals surface area (Å²) in [6.07, 6.45) is 0. The van der Waals surface area contributed by atoms with Crippen LogP contribution in [0.2, 0.25) is 0 Å². The molecular formula is C32H28N2O4. The SMILES string of the molecule is COC(=O)[C@H](N=C(c1ccccc1)c1ccccc1)[C@@H](N=C(c1ccccc1)c1ccccc1)C(=O)OC. The van der Waals surface area contributed by atoms with Crippen molar-refractivity contribution in [3.05, 3.63) is 144 Å². The number of hydrogen-bond donors (Lipinski definition) is 0. The fourth-order valence-corrected chi connectivity index (χ4v) is 4.04. The maximum absolute atomic E-state index is 13.2. The molecule has 0 unspecified atom stereocenters. The number of hydrogen-bond acceptors (Lipinski definition) is 6. The number of ether oxygens (including phenoxy) is 2. The van der Waals surface area contributed by atoms with E-state index in [1.165, 1.54) is 14.2 Å². The first-order valence-corrected chi connectivity index (χ1v) is 12.2. The number of methoxy groups -OCH3 is 2. The van der Waals surface area contributed by atoms with Crippen LogP contribution >= 0.6 is 0 Å². The number of rotatable bonds is 9. The monoisotopic (exact) mass is 504 g/mol. The van der Waals surface area contributed by atoms with Crippen molar-refractivity contribution in [2.75, 3.05) is 14.2 Å². The number of esters is 2. The summed E-state index contributed by atoms with van der Waals surface area (Å²) in [6.45, 7) is 0. The molecule has 0 N–H and O–H groups in total. The molecule has 4 rings (SSSR count). The van der Waals surface area contributed by atoms with E-state index in [9.17, 15) is 9.59 Å². The molecular weight excluding hydrogens is 476 g/mol. The minimum atomic E-state index is -1.30. The normalized spacial score (nSPS) is 11.9. The molecule has 0 radical (unpaired) electrons. The van der Waals surface area contributed by atoms with Crippen molar-refractivity contribution in [3.8, 4) is 0 Å². The highest BCUT2D eigenvalue weighted by Crippen LogP contribution is 2.19. The van der Waals surface area contributed by atoms with Crippen LogP contribution < -0.4 is 0 Å². The van der Waals surface area contributed by atoms with Crippen molar-refractivity contribution in [2.24, 2.45) is 9.98 Å². The van der Waals surface area contributed by atoms with Crippen molar-refractivity contribution in [2.45, 2.75) is 12.1 Å². The zero-order valence-electron chi connectivity index (χ0n) is 21.2. The predicted molar refractivity (Wildman–Crippen MR) is 149 cm³/mol. The van der Waals surface area contributed by atoms with Crippen LogP contribution in [-0.2, 0) is 19.1 Å². The molecule has 0 fully saturated rings. The second-order valence-electron chi connectivity index (χ2n) is 8.36. The molecule has 6 heteroatoms. The molecule has 0 saturated carbocycles. The van der Waals surface area contributed by atoms with Crippen LogP contribution in [0, 0.1) is 0 Å². The largest absolute Gasteiger partial charge is 0.467 e. The number of nitrogens with zero attached hydrogens (tertiary/aromatic N) is 2. The standard InChI is InChI=1S/C32H28N2O4/c1-37-31(35)29(33-27(23-15-7-3-8-16-23)24-17-9-4-10-18-24)30(32(36)38-2)34-28(25-19-11-5-12-20-25)26-21-13-6-14-22-26/h3-22,29-30H,1-2H3/t29-,30-/m1/s1. The lowest BCUT2D eigenvalue weighted by Gasteiger charge is -2.21. The Morgan fingerprint density at radius 2 is 0.711 bits per heavy atom. The zero-order valence-corrected chi connectivity index (χ0v) is 21.2. The number of carbonyl (C=O) groups excluding carboxylic acids is 2. The Morgan fingerprint density at radius 1 is 0.474 bits per heavy atom. The van der Waals surface area contributed by atoms with Gasteiger partial charge in [0.05, 0.1) is 25.6 Å². The van der Waals surface area contributed by atoms with Gasteiger partial charge in [0.25, 0.3) is 0 Å². The first kappa shape index (κ1) is 26.2. The Balaban J connectivity index is 1.94. The van der Waals surface area contributed by atoms with Gasteiger partial charge in [0.1, 0.15) is 0 Å². The molecule has 6 nitrogen and oxygen atoms in total. The van der Waals surface area contributed by atoms with Crippen LogP contribution in [0.4, 0.5) is 0 Å². The molecule has 0 heterocycles. The van der Waals surface area contributed by atoms with Gasteiger partial charge in [-0.3, -0.25) is 9.98 Å². The molecule has 0 aromatic heterocycles. The van der Waals surface area contributed by atoms with E-state index in [4.69, 9.17) is 19.5 Å². The van der Waals surface area contributed by atoms with Gasteiger partial charge < -0.3 is 9.47 Å². The minimum Gasteiger partial charge on any atom is -0.467 e. The van der Waals surface area contributed by atoms with Gasteiger partial charge in [-0.15, -0.1) is 0 Å². The minimum absolute atomic E-state index is 0.534. The summed E-state index contributed by atoms with van der Waals surface area (Å²) in [5, 5.41) is 0. The molecule has 4 aromatic rings. The lowest BCUT2D eigenvalue weighted by atomic mass is 9.99. The van der Waals surface area contributed by atoms with Gasteiger partial charge in [-0.25, -0.2) is 9.59 Å². The van der Waals surface area contributed by atoms with Crippen molar-refractivity contribution in [1.29, 1.82) is 0 Å². The van der Waals surface area contributed by atoms with Crippen molar-refractivity contribution in [1.82, 2.24) is 0 Å². The van der Waals surface area contributed by atoms with E-state index >= 15 is 0 Å². The summed E-state index contributed by atoms with van der Waals surface area (Å²) in [5.74, 6) is -1.40. The third kappa shape index (κ3) is 6.28. The average molecular weight is 505 g/mol. The Bertz CT molecular complexity index is 1210. The highest BCUT2D eigenvalue weighted by molar-refractivity contribution is 6.15. The summed E-state index contributed by atoms with van der Waals surface area (Å²) in [4.78, 5) is 36.1. The maximum atomic E-state index is 13.2. The molecule has 0 spiro atoms. The summed E-state index contributed by atoms with van der Waals surface area (Å²) in [6, 6.07) is 35.3. The van der Waals surface area contributed by atoms with E-state index in [0.29, 0.717) is 11.4 Å². The van der Waals surface area contributed by atoms with Crippen molar-refractivity contribution in [3.63, 3.8) is 0 Å². The van der Waals surface area contributed by atoms with Crippen LogP contribution in [0.15, 0.2) is 131 Å². The molecule has 0 bridgehead atoms. The Labute approximate surface area is 222 Å². The molecule has 0 saturated heterocycles. The molecule has 0 amide bonds. The molecule has 2 atom stereocenters. The van der Waals surface area contributed by atoms with Crippen LogP contribution in [0.25, 0.3) is 0 Å². The fourth-order valence-electron chi connectivity index (χ4n) is 4.04. The lowest BCUT2D eigenvalue weighted by Crippen LogP contribution is -2.40. The first-order chi connectivity index (χ1) is 18.6. The van der Waals surface area contributed by atoms with E-state index < -0.39 is 24.0 Å². The molecule has 4 aromatic carbocycles. The highest BCUT2D eigenvalue weighted by Gasteiger charge is 2.36. The van der Waals surface area contributed by atoms with Gasteiger partial charge >= 0.3 is 11.9 Å². The molecule has 0 aliphatic carbocycles. The Hall–Kier alpha value is -4.84. The van der Waals surface area contributed by atoms with E-state index in [2.05, 4.69) is 0 Å². The van der Waals surface area contributed by atoms with E-state index in [0.717, 1.165) is 22.3 Å². The topological polar surface area (TPSA) is 77.3 Å². The smallest absolute Gasteiger partial charge is 0.333 e. The second-order valence-corrected chi connectivity index (χ2v) is 8.36. The first-order valence-electron chi connectivity index (χ1n) is 12.2. The summed E-state index contributed by atoms with van der Waals surface area (Å²) in [5.41, 5.74) is 4.20. The van der Waals surface area contributed by atoms with Crippen LogP contribution in [0.1, 0.15) is 22.3 Å². The van der Waals surface area contributed by atoms with Crippen molar-refractivity contribution < 1.29 is 19.1 Å². The van der Waals surface area contributed by atoms with Crippen LogP contribution in [0.5, 0.6) is 0 Å². The molecule has 0 aliphatic heterocycles. The summed E-state index contributed by atoms with van der Waals surface area (Å²) < 4.78 is 10.3. The maximum Gasteiger partial charge on any atom is 0.333 e. The van der Waals surface area contributed by atoms with E-state index in [-0.39, 0.29) is 0 Å². The average Bonchev–Trinajstić information content (AvgIpc) is 3.00. The summed E-state index contributed by atoms with van der Waals surface area (Å²) in [7, 11) is 2.53. The fraction of sp³-hybridized carbons (Fsp3) is 0.125. The zero-order chi connectivity index (χ0) is 26.7.